The molecular weight excluding hydrogens is 220 g/mol. The molecule has 0 saturated carbocycles. The number of hydrogen-bond acceptors (Lipinski definition) is 3. The van der Waals surface area contributed by atoms with E-state index < -0.39 is 9.62 Å². The molecular formula is C11H14N4S. The lowest BCUT2D eigenvalue weighted by molar-refractivity contribution is 1.40. The van der Waals surface area contributed by atoms with E-state index in [2.05, 4.69) is 9.36 Å². The Bertz CT molecular complexity index is 531. The molecule has 0 aliphatic rings. The Morgan fingerprint density at radius 2 is 2.06 bits per heavy atom. The van der Waals surface area contributed by atoms with Crippen molar-refractivity contribution in [2.24, 2.45) is 9.36 Å². The van der Waals surface area contributed by atoms with E-state index in [1.165, 1.54) is 0 Å². The Morgan fingerprint density at radius 3 is 2.56 bits per heavy atom. The van der Waals surface area contributed by atoms with Crippen LogP contribution in [0.5, 0.6) is 0 Å². The highest BCUT2D eigenvalue weighted by Gasteiger charge is 2.03. The molecule has 5 heteroatoms. The first-order valence-corrected chi connectivity index (χ1v) is 7.01. The maximum absolute atomic E-state index is 8.62. The Balaban J connectivity index is 3.26. The van der Waals surface area contributed by atoms with E-state index in [9.17, 15) is 0 Å². The fourth-order valence-electron chi connectivity index (χ4n) is 1.03. The van der Waals surface area contributed by atoms with Gasteiger partial charge in [0.05, 0.1) is 0 Å². The fourth-order valence-corrected chi connectivity index (χ4v) is 1.68. The van der Waals surface area contributed by atoms with Crippen molar-refractivity contribution in [1.82, 2.24) is 0 Å². The summed E-state index contributed by atoms with van der Waals surface area (Å²) in [6.07, 6.45) is 3.52. The van der Waals surface area contributed by atoms with Crippen LogP contribution in [0.1, 0.15) is 12.5 Å². The highest BCUT2D eigenvalue weighted by molar-refractivity contribution is 7.94. The third kappa shape index (κ3) is 3.48. The van der Waals surface area contributed by atoms with Crippen LogP contribution in [0.4, 0.5) is 0 Å². The number of nitrogens with one attached hydrogen (secondary N) is 1. The summed E-state index contributed by atoms with van der Waals surface area (Å²) in [7, 11) is -1.80. The quantitative estimate of drug-likeness (QED) is 0.477. The number of nitriles is 1. The van der Waals surface area contributed by atoms with Gasteiger partial charge in [-0.1, -0.05) is 46.9 Å². The first-order valence-electron chi connectivity index (χ1n) is 4.85. The van der Waals surface area contributed by atoms with Crippen molar-refractivity contribution in [2.75, 3.05) is 12.0 Å². The molecule has 1 aromatic rings. The summed E-state index contributed by atoms with van der Waals surface area (Å²) in [6, 6.07) is 9.29. The van der Waals surface area contributed by atoms with E-state index in [-0.39, 0.29) is 0 Å². The van der Waals surface area contributed by atoms with E-state index in [0.717, 1.165) is 5.56 Å². The van der Waals surface area contributed by atoms with Crippen molar-refractivity contribution in [2.45, 2.75) is 6.92 Å². The lowest BCUT2D eigenvalue weighted by atomic mass is 10.2. The highest BCUT2D eigenvalue weighted by atomic mass is 32.2. The largest absolute Gasteiger partial charge is 0.270 e. The molecule has 1 N–H and O–H groups in total. The molecule has 0 aromatic heterocycles. The molecule has 0 radical (unpaired) electrons. The van der Waals surface area contributed by atoms with Crippen LogP contribution in [-0.2, 0) is 9.62 Å². The Kier molecular flexibility index (Phi) is 4.20. The molecule has 0 heterocycles. The van der Waals surface area contributed by atoms with Crippen LogP contribution in [0.2, 0.25) is 0 Å². The zero-order valence-corrected chi connectivity index (χ0v) is 10.2. The molecule has 1 rings (SSSR count). The molecule has 0 saturated heterocycles. The second-order valence-corrected chi connectivity index (χ2v) is 6.16. The van der Waals surface area contributed by atoms with Crippen molar-refractivity contribution < 1.29 is 0 Å². The van der Waals surface area contributed by atoms with Crippen LogP contribution < -0.4 is 0 Å². The third-order valence-electron chi connectivity index (χ3n) is 2.04. The standard InChI is InChI=1S/C11H14N4S/c1-3-16(2,13)15-11(14-9-12)10-7-5-4-6-8-10/h4-8,13H,3H2,1-2H3. The van der Waals surface area contributed by atoms with Crippen LogP contribution in [0, 0.1) is 16.2 Å². The van der Waals surface area contributed by atoms with Gasteiger partial charge in [0.25, 0.3) is 0 Å². The number of nitrogens with zero attached hydrogens (tertiary/aromatic N) is 3. The van der Waals surface area contributed by atoms with Gasteiger partial charge in [-0.2, -0.15) is 14.6 Å². The molecule has 0 fully saturated rings. The normalized spacial score (nSPS) is 14.9. The summed E-state index contributed by atoms with van der Waals surface area (Å²) < 4.78 is 12.2. The van der Waals surface area contributed by atoms with Crippen LogP contribution in [-0.4, -0.2) is 17.8 Å². The van der Waals surface area contributed by atoms with E-state index in [1.54, 1.807) is 12.4 Å². The summed E-state index contributed by atoms with van der Waals surface area (Å²) >= 11 is 0. The number of amidine groups is 1. The van der Waals surface area contributed by atoms with Gasteiger partial charge in [-0.05, 0) is 0 Å². The molecule has 1 atom stereocenters. The Labute approximate surface area is 96.3 Å². The number of rotatable bonds is 2. The second kappa shape index (κ2) is 5.42. The molecule has 1 unspecified atom stereocenters. The van der Waals surface area contributed by atoms with E-state index >= 15 is 0 Å². The predicted molar refractivity (Wildman–Crippen MR) is 67.6 cm³/mol. The van der Waals surface area contributed by atoms with Crippen LogP contribution >= 0.6 is 0 Å². The number of hydrogen-bond donors (Lipinski definition) is 1. The van der Waals surface area contributed by atoms with E-state index in [0.29, 0.717) is 11.6 Å². The first kappa shape index (κ1) is 12.4. The molecule has 0 aliphatic heterocycles. The topological polar surface area (TPSA) is 72.4 Å². The van der Waals surface area contributed by atoms with Gasteiger partial charge in [0.15, 0.2) is 5.84 Å². The molecule has 0 bridgehead atoms. The number of aliphatic imine (C=N–C) groups is 1. The maximum atomic E-state index is 8.62. The average Bonchev–Trinajstić information content (AvgIpc) is 2.29. The van der Waals surface area contributed by atoms with Gasteiger partial charge >= 0.3 is 0 Å². The molecule has 0 aliphatic carbocycles. The minimum Gasteiger partial charge on any atom is -0.270 e. The lowest BCUT2D eigenvalue weighted by Crippen LogP contribution is -2.04. The SMILES string of the molecule is CCS(C)(=N)=NC(=NC#N)c1ccccc1. The van der Waals surface area contributed by atoms with Crippen molar-refractivity contribution >= 4 is 15.5 Å². The van der Waals surface area contributed by atoms with Gasteiger partial charge in [-0.15, -0.1) is 0 Å². The van der Waals surface area contributed by atoms with E-state index in [4.69, 9.17) is 10.0 Å². The molecule has 16 heavy (non-hydrogen) atoms. The van der Waals surface area contributed by atoms with Gasteiger partial charge in [0.2, 0.25) is 6.19 Å². The monoisotopic (exact) mass is 234 g/mol. The van der Waals surface area contributed by atoms with Crippen molar-refractivity contribution in [3.63, 3.8) is 0 Å². The van der Waals surface area contributed by atoms with Gasteiger partial charge in [0.1, 0.15) is 0 Å². The van der Waals surface area contributed by atoms with Crippen molar-refractivity contribution in [3.8, 4) is 6.19 Å². The summed E-state index contributed by atoms with van der Waals surface area (Å²) in [5, 5.41) is 8.62. The van der Waals surface area contributed by atoms with Crippen LogP contribution in [0.15, 0.2) is 39.7 Å². The van der Waals surface area contributed by atoms with Gasteiger partial charge in [0, 0.05) is 17.6 Å². The van der Waals surface area contributed by atoms with Crippen molar-refractivity contribution in [1.29, 1.82) is 10.0 Å². The summed E-state index contributed by atoms with van der Waals surface area (Å²) in [4.78, 5) is 3.68. The summed E-state index contributed by atoms with van der Waals surface area (Å²) in [6.45, 7) is 1.92. The molecule has 1 aromatic carbocycles. The molecule has 0 spiro atoms. The second-order valence-electron chi connectivity index (χ2n) is 3.32. The Morgan fingerprint density at radius 1 is 1.44 bits per heavy atom. The lowest BCUT2D eigenvalue weighted by Gasteiger charge is -2.05. The van der Waals surface area contributed by atoms with Gasteiger partial charge in [-0.25, -0.2) is 0 Å². The van der Waals surface area contributed by atoms with E-state index in [1.807, 2.05) is 37.3 Å². The number of benzene rings is 1. The van der Waals surface area contributed by atoms with Crippen LogP contribution in [0.25, 0.3) is 0 Å². The zero-order valence-electron chi connectivity index (χ0n) is 9.34. The average molecular weight is 234 g/mol. The molecule has 84 valence electrons. The minimum atomic E-state index is -1.80. The Hall–Kier alpha value is -1.67. The summed E-state index contributed by atoms with van der Waals surface area (Å²) in [5.41, 5.74) is 0.781. The van der Waals surface area contributed by atoms with Crippen LogP contribution in [0.3, 0.4) is 0 Å². The molecule has 4 nitrogen and oxygen atoms in total. The third-order valence-corrected chi connectivity index (χ3v) is 3.74. The minimum absolute atomic E-state index is 0.359. The highest BCUT2D eigenvalue weighted by Crippen LogP contribution is 2.05. The van der Waals surface area contributed by atoms with Gasteiger partial charge < -0.3 is 0 Å². The zero-order chi connectivity index (χ0) is 12.0. The first-order chi connectivity index (χ1) is 7.59. The van der Waals surface area contributed by atoms with Crippen molar-refractivity contribution in [3.05, 3.63) is 35.9 Å². The smallest absolute Gasteiger partial charge is 0.207 e. The van der Waals surface area contributed by atoms with Gasteiger partial charge in [-0.3, -0.25) is 4.78 Å². The molecule has 0 amide bonds. The maximum Gasteiger partial charge on any atom is 0.207 e. The predicted octanol–water partition coefficient (Wildman–Crippen LogP) is 2.66. The summed E-state index contributed by atoms with van der Waals surface area (Å²) in [5.74, 6) is 1.02. The fraction of sp³-hybridized carbons (Fsp3) is 0.273.